The van der Waals surface area contributed by atoms with Crippen LogP contribution in [0.1, 0.15) is 52.4 Å². The van der Waals surface area contributed by atoms with Crippen molar-refractivity contribution in [2.45, 2.75) is 75.7 Å². The van der Waals surface area contributed by atoms with Gasteiger partial charge in [0.1, 0.15) is 6.61 Å². The Kier molecular flexibility index (Phi) is 2.65. The lowest BCUT2D eigenvalue weighted by Crippen LogP contribution is -2.42. The van der Waals surface area contributed by atoms with Crippen LogP contribution < -0.4 is 0 Å². The normalized spacial score (nSPS) is 64.7. The summed E-state index contributed by atoms with van der Waals surface area (Å²) < 4.78 is 12.6. The summed E-state index contributed by atoms with van der Waals surface area (Å²) in [5.41, 5.74) is 0.605. The van der Waals surface area contributed by atoms with E-state index in [-0.39, 0.29) is 17.1 Å². The molecular weight excluding hydrogens is 338 g/mol. The first-order valence-corrected chi connectivity index (χ1v) is 11.2. The maximum atomic E-state index is 11.6. The SMILES string of the molecule is C=C1C2CC3C4OC(CC5C(C)CC6(CCC54)COC(C)=N6)C34C(C2)C14O. The molecule has 8 rings (SSSR count). The highest BCUT2D eigenvalue weighted by atomic mass is 16.5. The van der Waals surface area contributed by atoms with E-state index in [9.17, 15) is 5.11 Å². The Morgan fingerprint density at radius 2 is 2.07 bits per heavy atom. The van der Waals surface area contributed by atoms with Gasteiger partial charge in [-0.3, -0.25) is 0 Å². The summed E-state index contributed by atoms with van der Waals surface area (Å²) in [7, 11) is 0. The van der Waals surface area contributed by atoms with Crippen LogP contribution in [0.5, 0.6) is 0 Å². The molecule has 4 heteroatoms. The molecule has 0 aromatic rings. The molecule has 5 saturated carbocycles. The summed E-state index contributed by atoms with van der Waals surface area (Å²) in [4.78, 5) is 4.96. The molecule has 0 aromatic carbocycles. The monoisotopic (exact) mass is 369 g/mol. The predicted molar refractivity (Wildman–Crippen MR) is 101 cm³/mol. The fourth-order valence-electron chi connectivity index (χ4n) is 9.49. The number of hydrogen-bond donors (Lipinski definition) is 1. The number of rotatable bonds is 0. The second kappa shape index (κ2) is 4.48. The first kappa shape index (κ1) is 16.0. The zero-order valence-corrected chi connectivity index (χ0v) is 16.5. The smallest absolute Gasteiger partial charge is 0.180 e. The molecular formula is C23H31NO3. The molecule has 3 heterocycles. The zero-order chi connectivity index (χ0) is 18.3. The van der Waals surface area contributed by atoms with Crippen molar-refractivity contribution in [3.05, 3.63) is 12.2 Å². The zero-order valence-electron chi connectivity index (χ0n) is 16.5. The molecule has 5 aliphatic carbocycles. The van der Waals surface area contributed by atoms with Crippen molar-refractivity contribution in [1.29, 1.82) is 0 Å². The van der Waals surface area contributed by atoms with Crippen molar-refractivity contribution < 1.29 is 14.6 Å². The Hall–Kier alpha value is -0.870. The number of aliphatic hydroxyl groups is 1. The molecule has 2 saturated heterocycles. The summed E-state index contributed by atoms with van der Waals surface area (Å²) in [6.07, 6.45) is 7.59. The van der Waals surface area contributed by atoms with E-state index in [2.05, 4.69) is 13.5 Å². The van der Waals surface area contributed by atoms with E-state index in [0.717, 1.165) is 43.8 Å². The van der Waals surface area contributed by atoms with Crippen LogP contribution in [-0.4, -0.2) is 41.0 Å². The van der Waals surface area contributed by atoms with Crippen molar-refractivity contribution >= 4 is 5.90 Å². The number of nitrogens with zero attached hydrogens (tertiary/aromatic N) is 1. The van der Waals surface area contributed by atoms with Gasteiger partial charge in [0.25, 0.3) is 0 Å². The summed E-state index contributed by atoms with van der Waals surface area (Å²) in [6.45, 7) is 9.56. The van der Waals surface area contributed by atoms with Crippen LogP contribution in [0.25, 0.3) is 0 Å². The fraction of sp³-hybridized carbons (Fsp3) is 0.870. The molecule has 2 spiro atoms. The van der Waals surface area contributed by atoms with Crippen LogP contribution in [0.2, 0.25) is 0 Å². The third-order valence-corrected chi connectivity index (χ3v) is 10.3. The Bertz CT molecular complexity index is 792. The highest BCUT2D eigenvalue weighted by molar-refractivity contribution is 5.75. The summed E-state index contributed by atoms with van der Waals surface area (Å²) in [5, 5.41) is 11.6. The minimum absolute atomic E-state index is 0.0150. The standard InChI is InChI=1S/C23H31NO3/c1-11-9-21(10-26-13(3)24-21)5-4-15-16(11)8-19-22-17(20(15)27-19)6-14-7-18(22)23(22,25)12(14)2/h11,14-20,25H,2,4-10H2,1,3H3. The molecule has 11 unspecified atom stereocenters. The molecule has 27 heavy (non-hydrogen) atoms. The Morgan fingerprint density at radius 3 is 2.78 bits per heavy atom. The van der Waals surface area contributed by atoms with Crippen molar-refractivity contribution in [3.8, 4) is 0 Å². The van der Waals surface area contributed by atoms with Crippen LogP contribution in [0.3, 0.4) is 0 Å². The van der Waals surface area contributed by atoms with E-state index in [1.54, 1.807) is 0 Å². The van der Waals surface area contributed by atoms with E-state index in [1.165, 1.54) is 12.8 Å². The van der Waals surface area contributed by atoms with Crippen LogP contribution in [-0.2, 0) is 9.47 Å². The average molecular weight is 370 g/mol. The van der Waals surface area contributed by atoms with Crippen LogP contribution >= 0.6 is 0 Å². The molecule has 146 valence electrons. The third-order valence-electron chi connectivity index (χ3n) is 10.3. The fourth-order valence-corrected chi connectivity index (χ4v) is 9.49. The molecule has 1 N–H and O–H groups in total. The van der Waals surface area contributed by atoms with Gasteiger partial charge in [-0.05, 0) is 73.7 Å². The Balaban J connectivity index is 1.26. The predicted octanol–water partition coefficient (Wildman–Crippen LogP) is 3.34. The van der Waals surface area contributed by atoms with Crippen molar-refractivity contribution in [2.75, 3.05) is 6.61 Å². The lowest BCUT2D eigenvalue weighted by molar-refractivity contribution is -0.0909. The van der Waals surface area contributed by atoms with Crippen LogP contribution in [0.4, 0.5) is 0 Å². The molecule has 3 aliphatic heterocycles. The minimum Gasteiger partial charge on any atom is -0.479 e. The topological polar surface area (TPSA) is 51.0 Å². The van der Waals surface area contributed by atoms with Crippen LogP contribution in [0, 0.1) is 40.9 Å². The summed E-state index contributed by atoms with van der Waals surface area (Å²) >= 11 is 0. The first-order valence-electron chi connectivity index (χ1n) is 11.2. The van der Waals surface area contributed by atoms with Crippen molar-refractivity contribution in [3.63, 3.8) is 0 Å². The van der Waals surface area contributed by atoms with Gasteiger partial charge in [0, 0.05) is 18.3 Å². The minimum atomic E-state index is -0.589. The van der Waals surface area contributed by atoms with E-state index in [0.29, 0.717) is 41.6 Å². The highest BCUT2D eigenvalue weighted by Crippen LogP contribution is 2.87. The van der Waals surface area contributed by atoms with Gasteiger partial charge in [-0.25, -0.2) is 4.99 Å². The second-order valence-corrected chi connectivity index (χ2v) is 11.1. The maximum absolute atomic E-state index is 11.6. The van der Waals surface area contributed by atoms with Gasteiger partial charge in [-0.15, -0.1) is 0 Å². The lowest BCUT2D eigenvalue weighted by Gasteiger charge is -2.40. The number of hydrogen-bond acceptors (Lipinski definition) is 4. The lowest BCUT2D eigenvalue weighted by atomic mass is 9.63. The van der Waals surface area contributed by atoms with Gasteiger partial charge in [-0.2, -0.15) is 0 Å². The summed E-state index contributed by atoms with van der Waals surface area (Å²) in [6, 6.07) is 0. The highest BCUT2D eigenvalue weighted by Gasteiger charge is 2.91. The first-order chi connectivity index (χ1) is 12.9. The van der Waals surface area contributed by atoms with E-state index in [1.807, 2.05) is 6.92 Å². The van der Waals surface area contributed by atoms with Gasteiger partial charge in [-0.1, -0.05) is 13.5 Å². The van der Waals surface area contributed by atoms with Gasteiger partial charge in [0.15, 0.2) is 5.90 Å². The van der Waals surface area contributed by atoms with Gasteiger partial charge in [0.05, 0.1) is 23.3 Å². The molecule has 0 radical (unpaired) electrons. The van der Waals surface area contributed by atoms with Crippen LogP contribution in [0.15, 0.2) is 17.1 Å². The molecule has 7 fully saturated rings. The molecule has 0 aromatic heterocycles. The molecule has 0 amide bonds. The number of ether oxygens (including phenoxy) is 2. The molecule has 8 aliphatic rings. The molecule has 4 nitrogen and oxygen atoms in total. The van der Waals surface area contributed by atoms with Crippen molar-refractivity contribution in [2.24, 2.45) is 45.9 Å². The van der Waals surface area contributed by atoms with E-state index < -0.39 is 5.60 Å². The number of aliphatic imine (C=N–C) groups is 1. The summed E-state index contributed by atoms with van der Waals surface area (Å²) in [5.74, 6) is 4.40. The number of fused-ring (bicyclic) bond motifs is 4. The molecule has 6 bridgehead atoms. The quantitative estimate of drug-likeness (QED) is 0.666. The van der Waals surface area contributed by atoms with Gasteiger partial charge in [0.2, 0.25) is 0 Å². The average Bonchev–Trinajstić information content (AvgIpc) is 2.81. The van der Waals surface area contributed by atoms with Gasteiger partial charge >= 0.3 is 0 Å². The van der Waals surface area contributed by atoms with E-state index >= 15 is 0 Å². The van der Waals surface area contributed by atoms with E-state index in [4.69, 9.17) is 14.5 Å². The largest absolute Gasteiger partial charge is 0.479 e. The second-order valence-electron chi connectivity index (χ2n) is 11.1. The molecule has 11 atom stereocenters. The third kappa shape index (κ3) is 1.52. The van der Waals surface area contributed by atoms with Gasteiger partial charge < -0.3 is 14.6 Å². The Morgan fingerprint density at radius 1 is 1.22 bits per heavy atom. The Labute approximate surface area is 161 Å². The maximum Gasteiger partial charge on any atom is 0.180 e. The van der Waals surface area contributed by atoms with Crippen molar-refractivity contribution in [1.82, 2.24) is 0 Å².